The van der Waals surface area contributed by atoms with Crippen LogP contribution in [0.5, 0.6) is 0 Å². The number of hydrogen-bond acceptors (Lipinski definition) is 6. The standard InChI is InChI=1S/C17H18N8/c1-2-25-10-11(8-21-25)14-6-5-13(18)17(22-14)20-9-15-12-4-3-7-19-16(12)24-23-15/h3-8,10H,2,9,18H2,1H3,(H,20,22)(H,19,23,24). The molecule has 8 heteroatoms. The second kappa shape index (κ2) is 6.23. The highest BCUT2D eigenvalue weighted by Gasteiger charge is 2.10. The molecule has 0 atom stereocenters. The Morgan fingerprint density at radius 3 is 3.04 bits per heavy atom. The van der Waals surface area contributed by atoms with E-state index in [4.69, 9.17) is 5.73 Å². The van der Waals surface area contributed by atoms with Crippen LogP contribution in [0.25, 0.3) is 22.3 Å². The second-order valence-corrected chi connectivity index (χ2v) is 5.64. The number of H-pyrrole nitrogens is 1. The topological polar surface area (TPSA) is 110 Å². The lowest BCUT2D eigenvalue weighted by atomic mass is 10.2. The number of fused-ring (bicyclic) bond motifs is 1. The van der Waals surface area contributed by atoms with Crippen LogP contribution in [0, 0.1) is 0 Å². The van der Waals surface area contributed by atoms with Gasteiger partial charge in [0.25, 0.3) is 0 Å². The van der Waals surface area contributed by atoms with Gasteiger partial charge in [-0.2, -0.15) is 10.2 Å². The minimum absolute atomic E-state index is 0.501. The van der Waals surface area contributed by atoms with Gasteiger partial charge < -0.3 is 11.1 Å². The molecule has 0 fully saturated rings. The van der Waals surface area contributed by atoms with Crippen LogP contribution in [0.15, 0.2) is 42.9 Å². The highest BCUT2D eigenvalue weighted by molar-refractivity contribution is 5.78. The summed E-state index contributed by atoms with van der Waals surface area (Å²) in [6, 6.07) is 7.61. The summed E-state index contributed by atoms with van der Waals surface area (Å²) in [5, 5.41) is 15.8. The molecule has 4 rings (SSSR count). The van der Waals surface area contributed by atoms with Gasteiger partial charge in [-0.1, -0.05) is 0 Å². The zero-order chi connectivity index (χ0) is 17.2. The molecule has 0 spiro atoms. The summed E-state index contributed by atoms with van der Waals surface area (Å²) in [5.74, 6) is 0.627. The van der Waals surface area contributed by atoms with E-state index in [1.54, 1.807) is 12.4 Å². The van der Waals surface area contributed by atoms with Gasteiger partial charge in [-0.25, -0.2) is 9.97 Å². The maximum atomic E-state index is 6.06. The zero-order valence-electron chi connectivity index (χ0n) is 13.8. The summed E-state index contributed by atoms with van der Waals surface area (Å²) < 4.78 is 1.86. The zero-order valence-corrected chi connectivity index (χ0v) is 13.8. The number of rotatable bonds is 5. The lowest BCUT2D eigenvalue weighted by Crippen LogP contribution is -2.05. The Kier molecular flexibility index (Phi) is 3.77. The first-order valence-electron chi connectivity index (χ1n) is 8.06. The molecule has 8 nitrogen and oxygen atoms in total. The van der Waals surface area contributed by atoms with Gasteiger partial charge >= 0.3 is 0 Å². The molecule has 4 N–H and O–H groups in total. The molecule has 126 valence electrons. The van der Waals surface area contributed by atoms with Gasteiger partial charge in [0.1, 0.15) is 5.82 Å². The summed E-state index contributed by atoms with van der Waals surface area (Å²) in [7, 11) is 0. The van der Waals surface area contributed by atoms with E-state index in [1.165, 1.54) is 0 Å². The Balaban J connectivity index is 1.58. The van der Waals surface area contributed by atoms with Gasteiger partial charge in [-0.15, -0.1) is 0 Å². The van der Waals surface area contributed by atoms with Crippen molar-refractivity contribution in [1.82, 2.24) is 29.9 Å². The average molecular weight is 334 g/mol. The predicted molar refractivity (Wildman–Crippen MR) is 96.8 cm³/mol. The SMILES string of the molecule is CCn1cc(-c2ccc(N)c(NCc3n[nH]c4ncccc34)n2)cn1. The largest absolute Gasteiger partial charge is 0.396 e. The molecule has 4 aromatic heterocycles. The predicted octanol–water partition coefficient (Wildman–Crippen LogP) is 2.43. The fourth-order valence-corrected chi connectivity index (χ4v) is 2.65. The average Bonchev–Trinajstić information content (AvgIpc) is 3.28. The first-order valence-corrected chi connectivity index (χ1v) is 8.06. The van der Waals surface area contributed by atoms with E-state index < -0.39 is 0 Å². The number of anilines is 2. The van der Waals surface area contributed by atoms with Crippen molar-refractivity contribution in [1.29, 1.82) is 0 Å². The summed E-state index contributed by atoms with van der Waals surface area (Å²) in [5.41, 5.74) is 10.1. The number of aryl methyl sites for hydroxylation is 1. The van der Waals surface area contributed by atoms with Gasteiger partial charge in [0.05, 0.1) is 29.8 Å². The third-order valence-electron chi connectivity index (χ3n) is 4.02. The smallest absolute Gasteiger partial charge is 0.155 e. The fraction of sp³-hybridized carbons (Fsp3) is 0.176. The maximum absolute atomic E-state index is 6.06. The van der Waals surface area contributed by atoms with Crippen molar-refractivity contribution >= 4 is 22.5 Å². The monoisotopic (exact) mass is 334 g/mol. The molecule has 0 bridgehead atoms. The van der Waals surface area contributed by atoms with E-state index in [0.29, 0.717) is 18.1 Å². The quantitative estimate of drug-likeness (QED) is 0.517. The molecule has 0 radical (unpaired) electrons. The molecule has 25 heavy (non-hydrogen) atoms. The first-order chi connectivity index (χ1) is 12.2. The lowest BCUT2D eigenvalue weighted by Gasteiger charge is -2.09. The summed E-state index contributed by atoms with van der Waals surface area (Å²) in [6.07, 6.45) is 5.51. The Labute approximate surface area is 144 Å². The molecule has 0 unspecified atom stereocenters. The Bertz CT molecular complexity index is 1020. The number of aromatic nitrogens is 6. The third-order valence-corrected chi connectivity index (χ3v) is 4.02. The van der Waals surface area contributed by atoms with Crippen LogP contribution in [-0.4, -0.2) is 29.9 Å². The fourth-order valence-electron chi connectivity index (χ4n) is 2.65. The summed E-state index contributed by atoms with van der Waals surface area (Å²) in [4.78, 5) is 8.87. The van der Waals surface area contributed by atoms with Crippen molar-refractivity contribution in [3.05, 3.63) is 48.5 Å². The van der Waals surface area contributed by atoms with E-state index in [-0.39, 0.29) is 0 Å². The van der Waals surface area contributed by atoms with Crippen molar-refractivity contribution < 1.29 is 0 Å². The van der Waals surface area contributed by atoms with E-state index in [0.717, 1.165) is 34.5 Å². The summed E-state index contributed by atoms with van der Waals surface area (Å²) in [6.45, 7) is 3.37. The van der Waals surface area contributed by atoms with E-state index in [2.05, 4.69) is 30.6 Å². The third kappa shape index (κ3) is 2.89. The lowest BCUT2D eigenvalue weighted by molar-refractivity contribution is 0.660. The van der Waals surface area contributed by atoms with Crippen LogP contribution in [0.1, 0.15) is 12.6 Å². The van der Waals surface area contributed by atoms with E-state index >= 15 is 0 Å². The minimum atomic E-state index is 0.501. The van der Waals surface area contributed by atoms with Crippen LogP contribution in [0.4, 0.5) is 11.5 Å². The highest BCUT2D eigenvalue weighted by Crippen LogP contribution is 2.24. The molecular weight excluding hydrogens is 316 g/mol. The number of nitrogens with one attached hydrogen (secondary N) is 2. The van der Waals surface area contributed by atoms with Gasteiger partial charge in [-0.05, 0) is 31.2 Å². The second-order valence-electron chi connectivity index (χ2n) is 5.64. The van der Waals surface area contributed by atoms with E-state index in [1.807, 2.05) is 42.1 Å². The van der Waals surface area contributed by atoms with Crippen LogP contribution in [0.3, 0.4) is 0 Å². The number of hydrogen-bond donors (Lipinski definition) is 3. The number of nitrogens with two attached hydrogens (primary N) is 1. The number of nitrogen functional groups attached to an aromatic ring is 1. The first kappa shape index (κ1) is 15.1. The molecule has 0 amide bonds. The van der Waals surface area contributed by atoms with Crippen molar-refractivity contribution in [2.24, 2.45) is 0 Å². The van der Waals surface area contributed by atoms with Crippen molar-refractivity contribution in [3.63, 3.8) is 0 Å². The van der Waals surface area contributed by atoms with Gasteiger partial charge in [-0.3, -0.25) is 9.78 Å². The highest BCUT2D eigenvalue weighted by atomic mass is 15.3. The Morgan fingerprint density at radius 2 is 2.20 bits per heavy atom. The van der Waals surface area contributed by atoms with Crippen LogP contribution < -0.4 is 11.1 Å². The van der Waals surface area contributed by atoms with Crippen molar-refractivity contribution in [2.45, 2.75) is 20.0 Å². The molecule has 0 aliphatic heterocycles. The number of nitrogens with zero attached hydrogens (tertiary/aromatic N) is 5. The molecule has 0 saturated heterocycles. The molecule has 0 saturated carbocycles. The van der Waals surface area contributed by atoms with Gasteiger partial charge in [0, 0.05) is 29.9 Å². The van der Waals surface area contributed by atoms with Crippen LogP contribution in [-0.2, 0) is 13.1 Å². The molecule has 0 aliphatic carbocycles. The van der Waals surface area contributed by atoms with Gasteiger partial charge in [0.15, 0.2) is 5.65 Å². The summed E-state index contributed by atoms with van der Waals surface area (Å²) >= 11 is 0. The minimum Gasteiger partial charge on any atom is -0.396 e. The maximum Gasteiger partial charge on any atom is 0.155 e. The molecular formula is C17H18N8. The van der Waals surface area contributed by atoms with E-state index in [9.17, 15) is 0 Å². The van der Waals surface area contributed by atoms with Gasteiger partial charge in [0.2, 0.25) is 0 Å². The Morgan fingerprint density at radius 1 is 1.28 bits per heavy atom. The van der Waals surface area contributed by atoms with Crippen molar-refractivity contribution in [2.75, 3.05) is 11.1 Å². The molecule has 0 aliphatic rings. The van der Waals surface area contributed by atoms with Crippen LogP contribution in [0.2, 0.25) is 0 Å². The molecule has 0 aromatic carbocycles. The van der Waals surface area contributed by atoms with Crippen LogP contribution >= 0.6 is 0 Å². The molecule has 4 aromatic rings. The normalized spacial score (nSPS) is 11.1. The molecule has 4 heterocycles. The number of aromatic amines is 1. The number of pyridine rings is 2. The Hall–Kier alpha value is -3.42. The van der Waals surface area contributed by atoms with Crippen molar-refractivity contribution in [3.8, 4) is 11.3 Å².